The van der Waals surface area contributed by atoms with Crippen molar-refractivity contribution < 1.29 is 8.42 Å². The van der Waals surface area contributed by atoms with Gasteiger partial charge in [0.05, 0.1) is 4.90 Å². The second-order valence-electron chi connectivity index (χ2n) is 3.94. The molecule has 0 radical (unpaired) electrons. The highest BCUT2D eigenvalue weighted by atomic mass is 35.5. The highest BCUT2D eigenvalue weighted by Crippen LogP contribution is 2.27. The Balaban J connectivity index is 3.13. The van der Waals surface area contributed by atoms with Gasteiger partial charge in [-0.15, -0.1) is 0 Å². The van der Waals surface area contributed by atoms with Crippen molar-refractivity contribution in [2.24, 2.45) is 0 Å². The molecular weight excluding hydrogens is 292 g/mol. The first-order chi connectivity index (χ1) is 8.30. The molecular formula is C11H17ClN2O2S2. The molecule has 102 valence electrons. The maximum absolute atomic E-state index is 12.3. The van der Waals surface area contributed by atoms with E-state index in [0.29, 0.717) is 22.8 Å². The molecule has 0 fully saturated rings. The van der Waals surface area contributed by atoms with E-state index in [1.807, 2.05) is 6.26 Å². The van der Waals surface area contributed by atoms with Gasteiger partial charge in [0.15, 0.2) is 0 Å². The molecule has 0 aliphatic heterocycles. The number of halogens is 1. The van der Waals surface area contributed by atoms with Crippen molar-refractivity contribution in [2.45, 2.75) is 11.8 Å². The minimum Gasteiger partial charge on any atom is -0.398 e. The third-order valence-electron chi connectivity index (χ3n) is 2.68. The van der Waals surface area contributed by atoms with Gasteiger partial charge in [-0.05, 0) is 30.9 Å². The van der Waals surface area contributed by atoms with Gasteiger partial charge in [-0.25, -0.2) is 12.7 Å². The molecule has 0 heterocycles. The lowest BCUT2D eigenvalue weighted by Gasteiger charge is -2.17. The first-order valence-electron chi connectivity index (χ1n) is 5.31. The average molecular weight is 309 g/mol. The maximum atomic E-state index is 12.3. The smallest absolute Gasteiger partial charge is 0.242 e. The molecule has 0 amide bonds. The van der Waals surface area contributed by atoms with Gasteiger partial charge < -0.3 is 5.73 Å². The van der Waals surface area contributed by atoms with Crippen LogP contribution in [0.15, 0.2) is 17.0 Å². The lowest BCUT2D eigenvalue weighted by atomic mass is 10.2. The normalized spacial score (nSPS) is 12.1. The maximum Gasteiger partial charge on any atom is 0.242 e. The third kappa shape index (κ3) is 3.32. The van der Waals surface area contributed by atoms with Gasteiger partial charge in [-0.1, -0.05) is 11.6 Å². The largest absolute Gasteiger partial charge is 0.398 e. The summed E-state index contributed by atoms with van der Waals surface area (Å²) in [6.07, 6.45) is 1.93. The van der Waals surface area contributed by atoms with Gasteiger partial charge in [-0.3, -0.25) is 0 Å². The summed E-state index contributed by atoms with van der Waals surface area (Å²) >= 11 is 7.56. The molecule has 0 aromatic heterocycles. The van der Waals surface area contributed by atoms with Gasteiger partial charge in [0.25, 0.3) is 0 Å². The van der Waals surface area contributed by atoms with Crippen LogP contribution in [-0.2, 0) is 10.0 Å². The minimum atomic E-state index is -3.52. The number of anilines is 1. The predicted molar refractivity (Wildman–Crippen MR) is 78.8 cm³/mol. The van der Waals surface area contributed by atoms with E-state index in [0.717, 1.165) is 5.75 Å². The monoisotopic (exact) mass is 308 g/mol. The van der Waals surface area contributed by atoms with Crippen LogP contribution in [0.5, 0.6) is 0 Å². The fourth-order valence-electron chi connectivity index (χ4n) is 1.34. The summed E-state index contributed by atoms with van der Waals surface area (Å²) < 4.78 is 25.8. The van der Waals surface area contributed by atoms with Gasteiger partial charge >= 0.3 is 0 Å². The van der Waals surface area contributed by atoms with E-state index in [1.165, 1.54) is 16.4 Å². The molecule has 0 unspecified atom stereocenters. The molecule has 0 saturated heterocycles. The molecule has 1 aromatic carbocycles. The molecule has 0 aliphatic rings. The Kier molecular flexibility index (Phi) is 5.33. The number of rotatable bonds is 5. The second-order valence-corrected chi connectivity index (χ2v) is 7.38. The second kappa shape index (κ2) is 6.14. The van der Waals surface area contributed by atoms with Crippen LogP contribution in [0.2, 0.25) is 5.02 Å². The van der Waals surface area contributed by atoms with Crippen molar-refractivity contribution >= 4 is 39.1 Å². The standard InChI is InChI=1S/C11H17ClN2O2S2/c1-8-10(12)6-9(7-11(8)13)18(15,16)14(2)4-5-17-3/h6-7H,4-5,13H2,1-3H3. The van der Waals surface area contributed by atoms with Crippen LogP contribution in [0.25, 0.3) is 0 Å². The fraction of sp³-hybridized carbons (Fsp3) is 0.455. The van der Waals surface area contributed by atoms with Gasteiger partial charge in [0, 0.05) is 30.1 Å². The topological polar surface area (TPSA) is 63.4 Å². The molecule has 2 N–H and O–H groups in total. The lowest BCUT2D eigenvalue weighted by Crippen LogP contribution is -2.29. The summed E-state index contributed by atoms with van der Waals surface area (Å²) in [6, 6.07) is 2.89. The van der Waals surface area contributed by atoms with E-state index >= 15 is 0 Å². The Morgan fingerprint density at radius 1 is 1.44 bits per heavy atom. The van der Waals surface area contributed by atoms with Crippen molar-refractivity contribution in [3.63, 3.8) is 0 Å². The van der Waals surface area contributed by atoms with Crippen LogP contribution >= 0.6 is 23.4 Å². The molecule has 0 spiro atoms. The zero-order chi connectivity index (χ0) is 13.9. The quantitative estimate of drug-likeness (QED) is 0.847. The van der Waals surface area contributed by atoms with Crippen LogP contribution in [0, 0.1) is 6.92 Å². The third-order valence-corrected chi connectivity index (χ3v) is 5.49. The van der Waals surface area contributed by atoms with Gasteiger partial charge in [0.2, 0.25) is 10.0 Å². The highest BCUT2D eigenvalue weighted by molar-refractivity contribution is 7.98. The first-order valence-corrected chi connectivity index (χ1v) is 8.52. The first kappa shape index (κ1) is 15.6. The molecule has 0 bridgehead atoms. The van der Waals surface area contributed by atoms with Crippen LogP contribution in [-0.4, -0.2) is 38.3 Å². The van der Waals surface area contributed by atoms with Crippen molar-refractivity contribution in [1.29, 1.82) is 0 Å². The van der Waals surface area contributed by atoms with E-state index in [9.17, 15) is 8.42 Å². The van der Waals surface area contributed by atoms with E-state index < -0.39 is 10.0 Å². The number of nitrogens with zero attached hydrogens (tertiary/aromatic N) is 1. The zero-order valence-electron chi connectivity index (χ0n) is 10.6. The van der Waals surface area contributed by atoms with E-state index in [-0.39, 0.29) is 4.90 Å². The summed E-state index contributed by atoms with van der Waals surface area (Å²) in [6.45, 7) is 2.21. The van der Waals surface area contributed by atoms with Crippen molar-refractivity contribution in [1.82, 2.24) is 4.31 Å². The van der Waals surface area contributed by atoms with E-state index in [2.05, 4.69) is 0 Å². The Labute approximate surface area is 118 Å². The zero-order valence-corrected chi connectivity index (χ0v) is 13.0. The van der Waals surface area contributed by atoms with Crippen LogP contribution in [0.1, 0.15) is 5.56 Å². The van der Waals surface area contributed by atoms with Gasteiger partial charge in [-0.2, -0.15) is 11.8 Å². The van der Waals surface area contributed by atoms with Crippen molar-refractivity contribution in [3.8, 4) is 0 Å². The molecule has 4 nitrogen and oxygen atoms in total. The highest BCUT2D eigenvalue weighted by Gasteiger charge is 2.21. The summed E-state index contributed by atoms with van der Waals surface area (Å²) in [5.41, 5.74) is 6.83. The number of thioether (sulfide) groups is 1. The summed E-state index contributed by atoms with van der Waals surface area (Å²) in [4.78, 5) is 0.138. The molecule has 0 atom stereocenters. The molecule has 1 rings (SSSR count). The van der Waals surface area contributed by atoms with Crippen LogP contribution in [0.3, 0.4) is 0 Å². The Morgan fingerprint density at radius 3 is 2.56 bits per heavy atom. The molecule has 1 aromatic rings. The Morgan fingerprint density at radius 2 is 2.06 bits per heavy atom. The van der Waals surface area contributed by atoms with Gasteiger partial charge in [0.1, 0.15) is 0 Å². The van der Waals surface area contributed by atoms with E-state index in [1.54, 1.807) is 25.7 Å². The molecule has 0 aliphatic carbocycles. The number of sulfonamides is 1. The minimum absolute atomic E-state index is 0.138. The average Bonchev–Trinajstić information content (AvgIpc) is 2.32. The summed E-state index contributed by atoms with van der Waals surface area (Å²) in [7, 11) is -1.97. The van der Waals surface area contributed by atoms with Crippen LogP contribution < -0.4 is 5.73 Å². The number of nitrogen functional groups attached to an aromatic ring is 1. The van der Waals surface area contributed by atoms with E-state index in [4.69, 9.17) is 17.3 Å². The molecule has 0 saturated carbocycles. The summed E-state index contributed by atoms with van der Waals surface area (Å²) in [5.74, 6) is 0.741. The van der Waals surface area contributed by atoms with Crippen molar-refractivity contribution in [2.75, 3.05) is 31.3 Å². The fourth-order valence-corrected chi connectivity index (χ4v) is 3.44. The van der Waals surface area contributed by atoms with Crippen molar-refractivity contribution in [3.05, 3.63) is 22.7 Å². The predicted octanol–water partition coefficient (Wildman–Crippen LogP) is 2.21. The number of benzene rings is 1. The number of hydrogen-bond donors (Lipinski definition) is 1. The molecule has 18 heavy (non-hydrogen) atoms. The Hall–Kier alpha value is -0.430. The number of hydrogen-bond acceptors (Lipinski definition) is 4. The SMILES string of the molecule is CSCCN(C)S(=O)(=O)c1cc(N)c(C)c(Cl)c1. The molecule has 7 heteroatoms. The Bertz CT molecular complexity index is 509. The van der Waals surface area contributed by atoms with Crippen LogP contribution in [0.4, 0.5) is 5.69 Å². The number of nitrogens with two attached hydrogens (primary N) is 1. The lowest BCUT2D eigenvalue weighted by molar-refractivity contribution is 0.488. The summed E-state index contributed by atoms with van der Waals surface area (Å²) in [5, 5.41) is 0.367.